The van der Waals surface area contributed by atoms with E-state index in [9.17, 15) is 13.2 Å². The summed E-state index contributed by atoms with van der Waals surface area (Å²) in [7, 11) is -1.89. The van der Waals surface area contributed by atoms with Crippen molar-refractivity contribution < 1.29 is 13.2 Å². The smallest absolute Gasteiger partial charge is 0.319 e. The van der Waals surface area contributed by atoms with Crippen molar-refractivity contribution in [3.8, 4) is 0 Å². The molecule has 2 amide bonds. The molecule has 0 atom stereocenters. The van der Waals surface area contributed by atoms with E-state index >= 15 is 0 Å². The highest BCUT2D eigenvalue weighted by molar-refractivity contribution is 7.88. The van der Waals surface area contributed by atoms with Gasteiger partial charge in [0, 0.05) is 12.2 Å². The quantitative estimate of drug-likeness (QED) is 0.528. The summed E-state index contributed by atoms with van der Waals surface area (Å²) in [6.45, 7) is 2.55. The summed E-state index contributed by atoms with van der Waals surface area (Å²) in [5.41, 5.74) is 3.62. The molecule has 0 saturated heterocycles. The Bertz CT molecular complexity index is 847. The summed E-state index contributed by atoms with van der Waals surface area (Å²) in [5, 5.41) is 5.62. The number of carbonyl (C=O) groups excluding carboxylic acids is 1. The van der Waals surface area contributed by atoms with Gasteiger partial charge in [-0.2, -0.15) is 0 Å². The van der Waals surface area contributed by atoms with E-state index in [4.69, 9.17) is 0 Å². The third-order valence-electron chi connectivity index (χ3n) is 4.42. The molecule has 152 valence electrons. The number of amides is 2. The van der Waals surface area contributed by atoms with E-state index in [1.165, 1.54) is 31.9 Å². The summed E-state index contributed by atoms with van der Waals surface area (Å²) < 4.78 is 25.4. The van der Waals surface area contributed by atoms with Gasteiger partial charge in [-0.3, -0.25) is 0 Å². The maximum atomic E-state index is 12.1. The van der Waals surface area contributed by atoms with Gasteiger partial charge in [0.2, 0.25) is 10.0 Å². The molecule has 7 heteroatoms. The van der Waals surface area contributed by atoms with Crippen molar-refractivity contribution in [3.05, 3.63) is 65.2 Å². The van der Waals surface area contributed by atoms with E-state index in [1.807, 2.05) is 36.4 Å². The summed E-state index contributed by atoms with van der Waals surface area (Å²) in [4.78, 5) is 12.1. The van der Waals surface area contributed by atoms with Gasteiger partial charge in [0.15, 0.2) is 0 Å². The Kier molecular flexibility index (Phi) is 8.47. The Morgan fingerprint density at radius 1 is 0.893 bits per heavy atom. The van der Waals surface area contributed by atoms with Gasteiger partial charge in [0.05, 0.1) is 5.75 Å². The molecule has 0 saturated carbocycles. The van der Waals surface area contributed by atoms with Crippen molar-refractivity contribution in [3.63, 3.8) is 0 Å². The first-order valence-electron chi connectivity index (χ1n) is 9.54. The lowest BCUT2D eigenvalue weighted by atomic mass is 10.1. The summed E-state index contributed by atoms with van der Waals surface area (Å²) in [6.07, 6.45) is 4.68. The number of hydrogen-bond donors (Lipinski definition) is 3. The van der Waals surface area contributed by atoms with E-state index in [-0.39, 0.29) is 11.8 Å². The fraction of sp³-hybridized carbons (Fsp3) is 0.381. The SMILES string of the molecule is CCCCCc1ccc(NC(=O)NCc2ccc(CS(=O)(=O)NC)cc2)cc1. The van der Waals surface area contributed by atoms with E-state index in [2.05, 4.69) is 22.3 Å². The van der Waals surface area contributed by atoms with Crippen molar-refractivity contribution in [1.82, 2.24) is 10.0 Å². The summed E-state index contributed by atoms with van der Waals surface area (Å²) in [6, 6.07) is 14.8. The Balaban J connectivity index is 1.79. The topological polar surface area (TPSA) is 87.3 Å². The second-order valence-corrected chi connectivity index (χ2v) is 8.67. The molecule has 2 aromatic carbocycles. The molecule has 2 rings (SSSR count). The van der Waals surface area contributed by atoms with Gasteiger partial charge in [-0.05, 0) is 48.7 Å². The van der Waals surface area contributed by atoms with Crippen LogP contribution in [0.1, 0.15) is 42.9 Å². The predicted octanol–water partition coefficient (Wildman–Crippen LogP) is 3.79. The highest BCUT2D eigenvalue weighted by atomic mass is 32.2. The first-order valence-corrected chi connectivity index (χ1v) is 11.2. The molecule has 3 N–H and O–H groups in total. The molecule has 0 heterocycles. The zero-order valence-corrected chi connectivity index (χ0v) is 17.3. The second kappa shape index (κ2) is 10.8. The summed E-state index contributed by atoms with van der Waals surface area (Å²) in [5.74, 6) is -0.0634. The zero-order chi connectivity index (χ0) is 20.4. The van der Waals surface area contributed by atoms with Crippen LogP contribution in [0.3, 0.4) is 0 Å². The number of nitrogens with one attached hydrogen (secondary N) is 3. The van der Waals surface area contributed by atoms with Crippen molar-refractivity contribution in [2.24, 2.45) is 0 Å². The molecule has 0 aliphatic rings. The van der Waals surface area contributed by atoms with Crippen LogP contribution in [-0.4, -0.2) is 21.5 Å². The third kappa shape index (κ3) is 7.70. The van der Waals surface area contributed by atoms with Gasteiger partial charge in [-0.1, -0.05) is 56.2 Å². The summed E-state index contributed by atoms with van der Waals surface area (Å²) >= 11 is 0. The standard InChI is InChI=1S/C21H29N3O3S/c1-3-4-5-6-17-11-13-20(14-12-17)24-21(25)23-15-18-7-9-19(10-8-18)16-28(26,27)22-2/h7-14,22H,3-6,15-16H2,1-2H3,(H2,23,24,25). The number of anilines is 1. The zero-order valence-electron chi connectivity index (χ0n) is 16.5. The first kappa shape index (κ1) is 21.9. The van der Waals surface area contributed by atoms with Gasteiger partial charge in [0.25, 0.3) is 0 Å². The maximum absolute atomic E-state index is 12.1. The van der Waals surface area contributed by atoms with Crippen LogP contribution in [0.4, 0.5) is 10.5 Å². The molecule has 0 aromatic heterocycles. The number of carbonyl (C=O) groups is 1. The monoisotopic (exact) mass is 403 g/mol. The number of rotatable bonds is 10. The van der Waals surface area contributed by atoms with Crippen LogP contribution in [0, 0.1) is 0 Å². The molecule has 0 aliphatic carbocycles. The molecule has 0 bridgehead atoms. The second-order valence-electron chi connectivity index (χ2n) is 6.74. The Labute approximate surface area is 167 Å². The minimum Gasteiger partial charge on any atom is -0.334 e. The lowest BCUT2D eigenvalue weighted by molar-refractivity contribution is 0.251. The fourth-order valence-electron chi connectivity index (χ4n) is 2.74. The van der Waals surface area contributed by atoms with Crippen molar-refractivity contribution in [1.29, 1.82) is 0 Å². The van der Waals surface area contributed by atoms with Crippen LogP contribution in [0.15, 0.2) is 48.5 Å². The minimum atomic E-state index is -3.29. The van der Waals surface area contributed by atoms with Crippen LogP contribution >= 0.6 is 0 Å². The molecule has 0 spiro atoms. The lowest BCUT2D eigenvalue weighted by Gasteiger charge is -2.09. The molecule has 0 unspecified atom stereocenters. The molecule has 0 fully saturated rings. The van der Waals surface area contributed by atoms with E-state index in [1.54, 1.807) is 12.1 Å². The van der Waals surface area contributed by atoms with Crippen molar-refractivity contribution >= 4 is 21.7 Å². The average Bonchev–Trinajstić information content (AvgIpc) is 2.69. The number of unbranched alkanes of at least 4 members (excludes halogenated alkanes) is 2. The van der Waals surface area contributed by atoms with Gasteiger partial charge < -0.3 is 10.6 Å². The number of sulfonamides is 1. The van der Waals surface area contributed by atoms with Gasteiger partial charge in [-0.15, -0.1) is 0 Å². The molecular formula is C21H29N3O3S. The fourth-order valence-corrected chi connectivity index (χ4v) is 3.51. The molecule has 2 aromatic rings. The van der Waals surface area contributed by atoms with Gasteiger partial charge in [-0.25, -0.2) is 17.9 Å². The molecule has 6 nitrogen and oxygen atoms in total. The number of urea groups is 1. The highest BCUT2D eigenvalue weighted by Crippen LogP contribution is 2.12. The Hall–Kier alpha value is -2.38. The largest absolute Gasteiger partial charge is 0.334 e. The number of hydrogen-bond acceptors (Lipinski definition) is 3. The van der Waals surface area contributed by atoms with Crippen molar-refractivity contribution in [2.75, 3.05) is 12.4 Å². The number of aryl methyl sites for hydroxylation is 1. The predicted molar refractivity (Wildman–Crippen MR) is 114 cm³/mol. The van der Waals surface area contributed by atoms with Gasteiger partial charge in [0.1, 0.15) is 0 Å². The van der Waals surface area contributed by atoms with Crippen molar-refractivity contribution in [2.45, 2.75) is 44.9 Å². The molecule has 0 aliphatic heterocycles. The van der Waals surface area contributed by atoms with E-state index in [0.29, 0.717) is 12.1 Å². The Morgan fingerprint density at radius 3 is 2.11 bits per heavy atom. The maximum Gasteiger partial charge on any atom is 0.319 e. The Morgan fingerprint density at radius 2 is 1.50 bits per heavy atom. The number of benzene rings is 2. The molecule has 28 heavy (non-hydrogen) atoms. The highest BCUT2D eigenvalue weighted by Gasteiger charge is 2.08. The van der Waals surface area contributed by atoms with Gasteiger partial charge >= 0.3 is 6.03 Å². The van der Waals surface area contributed by atoms with Crippen LogP contribution in [0.25, 0.3) is 0 Å². The average molecular weight is 404 g/mol. The normalized spacial score (nSPS) is 11.2. The molecule has 0 radical (unpaired) electrons. The third-order valence-corrected chi connectivity index (χ3v) is 5.76. The van der Waals surface area contributed by atoms with Crippen LogP contribution in [0.2, 0.25) is 0 Å². The molecular weight excluding hydrogens is 374 g/mol. The van der Waals surface area contributed by atoms with E-state index < -0.39 is 10.0 Å². The minimum absolute atomic E-state index is 0.0634. The lowest BCUT2D eigenvalue weighted by Crippen LogP contribution is -2.28. The van der Waals surface area contributed by atoms with Crippen LogP contribution in [-0.2, 0) is 28.7 Å². The van der Waals surface area contributed by atoms with E-state index in [0.717, 1.165) is 17.7 Å². The van der Waals surface area contributed by atoms with Crippen LogP contribution < -0.4 is 15.4 Å². The van der Waals surface area contributed by atoms with Crippen LogP contribution in [0.5, 0.6) is 0 Å². The first-order chi connectivity index (χ1) is 13.4.